The van der Waals surface area contributed by atoms with Crippen LogP contribution >= 0.6 is 0 Å². The highest BCUT2D eigenvalue weighted by molar-refractivity contribution is 5.96. The smallest absolute Gasteiger partial charge is 0.256 e. The minimum absolute atomic E-state index is 0.0327. The first kappa shape index (κ1) is 13.8. The molecular weight excluding hydrogens is 302 g/mol. The topological polar surface area (TPSA) is 56.0 Å². The van der Waals surface area contributed by atoms with Crippen LogP contribution in [0.4, 0.5) is 0 Å². The molecule has 0 bridgehead atoms. The number of fused-ring (bicyclic) bond motifs is 2. The molecule has 122 valence electrons. The highest BCUT2D eigenvalue weighted by atomic mass is 16.2. The van der Waals surface area contributed by atoms with Gasteiger partial charge in [-0.15, -0.1) is 0 Å². The maximum atomic E-state index is 13.0. The monoisotopic (exact) mass is 321 g/mol. The molecule has 0 saturated heterocycles. The van der Waals surface area contributed by atoms with E-state index < -0.39 is 0 Å². The molecule has 1 atom stereocenters. The van der Waals surface area contributed by atoms with Gasteiger partial charge in [0.2, 0.25) is 0 Å². The van der Waals surface area contributed by atoms with Gasteiger partial charge in [-0.3, -0.25) is 4.79 Å². The zero-order chi connectivity index (χ0) is 16.3. The Hall–Kier alpha value is -2.63. The van der Waals surface area contributed by atoms with Crippen molar-refractivity contribution in [1.29, 1.82) is 0 Å². The third-order valence-electron chi connectivity index (χ3n) is 5.20. The molecule has 3 aromatic heterocycles. The second-order valence-electron chi connectivity index (χ2n) is 6.75. The van der Waals surface area contributed by atoms with Gasteiger partial charge in [-0.2, -0.15) is 0 Å². The van der Waals surface area contributed by atoms with Crippen molar-refractivity contribution in [2.45, 2.75) is 38.4 Å². The van der Waals surface area contributed by atoms with Gasteiger partial charge >= 0.3 is 0 Å². The summed E-state index contributed by atoms with van der Waals surface area (Å²) in [5.41, 5.74) is 3.49. The van der Waals surface area contributed by atoms with E-state index in [1.807, 2.05) is 23.4 Å². The van der Waals surface area contributed by atoms with Crippen molar-refractivity contribution in [3.63, 3.8) is 0 Å². The van der Waals surface area contributed by atoms with Crippen LogP contribution in [0, 0.1) is 0 Å². The van der Waals surface area contributed by atoms with Gasteiger partial charge in [0.15, 0.2) is 5.65 Å². The van der Waals surface area contributed by atoms with Crippen LogP contribution in [0.5, 0.6) is 0 Å². The number of nitrogens with zero attached hydrogens (tertiary/aromatic N) is 5. The van der Waals surface area contributed by atoms with E-state index in [1.54, 1.807) is 6.20 Å². The van der Waals surface area contributed by atoms with Crippen molar-refractivity contribution < 1.29 is 4.79 Å². The lowest BCUT2D eigenvalue weighted by Gasteiger charge is -2.35. The quantitative estimate of drug-likeness (QED) is 0.729. The third-order valence-corrected chi connectivity index (χ3v) is 5.20. The van der Waals surface area contributed by atoms with E-state index in [0.29, 0.717) is 11.6 Å². The zero-order valence-corrected chi connectivity index (χ0v) is 13.6. The summed E-state index contributed by atoms with van der Waals surface area (Å²) >= 11 is 0. The molecule has 1 aliphatic heterocycles. The standard InChI is InChI=1S/C18H19N5O/c1-12-16-3-2-6-21(16)7-8-22(12)18(24)13-9-15-17(19-10-13)23(11-20-15)14-4-5-14/h2-3,6,9-12,14H,4-5,7-8H2,1H3. The maximum Gasteiger partial charge on any atom is 0.256 e. The summed E-state index contributed by atoms with van der Waals surface area (Å²) < 4.78 is 4.34. The molecule has 3 aromatic rings. The number of amides is 1. The van der Waals surface area contributed by atoms with E-state index in [9.17, 15) is 4.79 Å². The second kappa shape index (κ2) is 4.93. The highest BCUT2D eigenvalue weighted by Gasteiger charge is 2.29. The van der Waals surface area contributed by atoms with Gasteiger partial charge < -0.3 is 14.0 Å². The van der Waals surface area contributed by atoms with Crippen LogP contribution in [0.1, 0.15) is 47.9 Å². The summed E-state index contributed by atoms with van der Waals surface area (Å²) in [5, 5.41) is 0. The number of aromatic nitrogens is 4. The van der Waals surface area contributed by atoms with E-state index >= 15 is 0 Å². The fraction of sp³-hybridized carbons (Fsp3) is 0.389. The van der Waals surface area contributed by atoms with Crippen LogP contribution in [-0.2, 0) is 6.54 Å². The minimum Gasteiger partial charge on any atom is -0.348 e. The summed E-state index contributed by atoms with van der Waals surface area (Å²) in [6.07, 6.45) is 8.01. The molecule has 4 heterocycles. The summed E-state index contributed by atoms with van der Waals surface area (Å²) in [4.78, 5) is 23.9. The van der Waals surface area contributed by atoms with Crippen molar-refractivity contribution >= 4 is 17.1 Å². The summed E-state index contributed by atoms with van der Waals surface area (Å²) in [7, 11) is 0. The Balaban J connectivity index is 1.47. The highest BCUT2D eigenvalue weighted by Crippen LogP contribution is 2.36. The Labute approximate surface area is 139 Å². The molecule has 2 aliphatic rings. The molecule has 6 nitrogen and oxygen atoms in total. The predicted molar refractivity (Wildman–Crippen MR) is 89.7 cm³/mol. The van der Waals surface area contributed by atoms with E-state index in [2.05, 4.69) is 38.3 Å². The second-order valence-corrected chi connectivity index (χ2v) is 6.75. The number of rotatable bonds is 2. The Kier molecular flexibility index (Phi) is 2.83. The van der Waals surface area contributed by atoms with Gasteiger partial charge in [-0.1, -0.05) is 0 Å². The van der Waals surface area contributed by atoms with Gasteiger partial charge in [0.05, 0.1) is 17.9 Å². The Morgan fingerprint density at radius 3 is 2.96 bits per heavy atom. The number of carbonyl (C=O) groups excluding carboxylic acids is 1. The molecule has 0 N–H and O–H groups in total. The summed E-state index contributed by atoms with van der Waals surface area (Å²) in [6, 6.07) is 6.62. The van der Waals surface area contributed by atoms with Gasteiger partial charge in [0, 0.05) is 37.2 Å². The molecule has 5 rings (SSSR count). The first-order chi connectivity index (χ1) is 11.7. The summed E-state index contributed by atoms with van der Waals surface area (Å²) in [5.74, 6) is 0.0327. The molecule has 1 saturated carbocycles. The lowest BCUT2D eigenvalue weighted by atomic mass is 10.1. The van der Waals surface area contributed by atoms with Crippen LogP contribution < -0.4 is 0 Å². The first-order valence-electron chi connectivity index (χ1n) is 8.51. The minimum atomic E-state index is 0.0327. The number of hydrogen-bond donors (Lipinski definition) is 0. The maximum absolute atomic E-state index is 13.0. The SMILES string of the molecule is CC1c2cccn2CCN1C(=O)c1cnc2c(c1)ncn2C1CC1. The molecule has 1 fully saturated rings. The fourth-order valence-electron chi connectivity index (χ4n) is 3.68. The fourth-order valence-corrected chi connectivity index (χ4v) is 3.68. The molecule has 0 radical (unpaired) electrons. The first-order valence-corrected chi connectivity index (χ1v) is 8.51. The third kappa shape index (κ3) is 1.99. The molecule has 6 heteroatoms. The number of carbonyl (C=O) groups is 1. The van der Waals surface area contributed by atoms with Crippen molar-refractivity contribution in [3.05, 3.63) is 48.2 Å². The number of pyridine rings is 1. The molecule has 24 heavy (non-hydrogen) atoms. The Morgan fingerprint density at radius 2 is 2.12 bits per heavy atom. The predicted octanol–water partition coefficient (Wildman–Crippen LogP) is 2.78. The van der Waals surface area contributed by atoms with Crippen molar-refractivity contribution in [1.82, 2.24) is 24.0 Å². The van der Waals surface area contributed by atoms with E-state index in [4.69, 9.17) is 0 Å². The van der Waals surface area contributed by atoms with Crippen molar-refractivity contribution in [3.8, 4) is 0 Å². The van der Waals surface area contributed by atoms with Crippen LogP contribution in [-0.4, -0.2) is 36.5 Å². The van der Waals surface area contributed by atoms with E-state index in [0.717, 1.165) is 24.3 Å². The van der Waals surface area contributed by atoms with Crippen LogP contribution in [0.2, 0.25) is 0 Å². The normalized spacial score (nSPS) is 20.4. The van der Waals surface area contributed by atoms with Gasteiger partial charge in [-0.25, -0.2) is 9.97 Å². The molecule has 0 spiro atoms. The van der Waals surface area contributed by atoms with Crippen LogP contribution in [0.3, 0.4) is 0 Å². The zero-order valence-electron chi connectivity index (χ0n) is 13.6. The Morgan fingerprint density at radius 1 is 1.25 bits per heavy atom. The number of imidazole rings is 1. The molecule has 1 aliphatic carbocycles. The molecule has 1 unspecified atom stereocenters. The molecule has 1 amide bonds. The van der Waals surface area contributed by atoms with Gasteiger partial charge in [-0.05, 0) is 38.0 Å². The lowest BCUT2D eigenvalue weighted by molar-refractivity contribution is 0.0644. The van der Waals surface area contributed by atoms with E-state index in [1.165, 1.54) is 18.5 Å². The Bertz CT molecular complexity index is 936. The van der Waals surface area contributed by atoms with Gasteiger partial charge in [0.1, 0.15) is 5.52 Å². The van der Waals surface area contributed by atoms with Crippen molar-refractivity contribution in [2.24, 2.45) is 0 Å². The number of hydrogen-bond acceptors (Lipinski definition) is 3. The average molecular weight is 321 g/mol. The largest absolute Gasteiger partial charge is 0.348 e. The van der Waals surface area contributed by atoms with Gasteiger partial charge in [0.25, 0.3) is 5.91 Å². The average Bonchev–Trinajstić information content (AvgIpc) is 3.17. The lowest BCUT2D eigenvalue weighted by Crippen LogP contribution is -2.40. The van der Waals surface area contributed by atoms with Crippen molar-refractivity contribution in [2.75, 3.05) is 6.54 Å². The van der Waals surface area contributed by atoms with Crippen LogP contribution in [0.25, 0.3) is 11.2 Å². The van der Waals surface area contributed by atoms with E-state index in [-0.39, 0.29) is 11.9 Å². The molecule has 0 aromatic carbocycles. The summed E-state index contributed by atoms with van der Waals surface area (Å²) in [6.45, 7) is 3.64. The molecular formula is C18H19N5O. The van der Waals surface area contributed by atoms with Crippen LogP contribution in [0.15, 0.2) is 36.9 Å².